The SMILES string of the molecule is C#CCCC1(CCOc2ccc(CNC3(S)CCC[C@H](N(CC)C(=O)c4cc5ccccc5[nH]4)C3)cc2)N=N1. The zero-order chi connectivity index (χ0) is 27.3. The lowest BCUT2D eigenvalue weighted by Gasteiger charge is -2.42. The number of hydrogen-bond acceptors (Lipinski definition) is 6. The molecule has 2 aromatic carbocycles. The van der Waals surface area contributed by atoms with E-state index in [-0.39, 0.29) is 22.5 Å². The zero-order valence-electron chi connectivity index (χ0n) is 22.5. The van der Waals surface area contributed by atoms with Crippen molar-refractivity contribution in [1.82, 2.24) is 15.2 Å². The molecule has 1 fully saturated rings. The van der Waals surface area contributed by atoms with Crippen LogP contribution in [0.15, 0.2) is 64.8 Å². The van der Waals surface area contributed by atoms with Crippen LogP contribution in [0, 0.1) is 12.3 Å². The molecule has 1 amide bonds. The third-order valence-corrected chi connectivity index (χ3v) is 8.44. The van der Waals surface area contributed by atoms with Crippen LogP contribution in [0.25, 0.3) is 10.9 Å². The Labute approximate surface area is 236 Å². The molecular formula is C31H37N5O2S. The summed E-state index contributed by atoms with van der Waals surface area (Å²) in [5, 5.41) is 13.0. The number of fused-ring (bicyclic) bond motifs is 1. The van der Waals surface area contributed by atoms with Crippen LogP contribution in [0.5, 0.6) is 5.75 Å². The number of nitrogens with zero attached hydrogens (tertiary/aromatic N) is 3. The number of benzene rings is 2. The van der Waals surface area contributed by atoms with E-state index in [1.807, 2.05) is 47.4 Å². The van der Waals surface area contributed by atoms with E-state index in [0.717, 1.165) is 60.7 Å². The van der Waals surface area contributed by atoms with E-state index in [1.54, 1.807) is 0 Å². The number of hydrogen-bond donors (Lipinski definition) is 3. The maximum absolute atomic E-state index is 13.5. The molecule has 1 aromatic heterocycles. The minimum atomic E-state index is -0.337. The van der Waals surface area contributed by atoms with E-state index < -0.39 is 0 Å². The molecule has 0 saturated heterocycles. The van der Waals surface area contributed by atoms with Crippen LogP contribution < -0.4 is 10.1 Å². The summed E-state index contributed by atoms with van der Waals surface area (Å²) < 4.78 is 5.91. The van der Waals surface area contributed by atoms with Gasteiger partial charge in [-0.05, 0) is 62.4 Å². The minimum Gasteiger partial charge on any atom is -0.493 e. The molecule has 8 heteroatoms. The average Bonchev–Trinajstić information content (AvgIpc) is 3.58. The fourth-order valence-corrected chi connectivity index (χ4v) is 5.98. The van der Waals surface area contributed by atoms with Gasteiger partial charge in [-0.2, -0.15) is 22.9 Å². The summed E-state index contributed by atoms with van der Waals surface area (Å²) in [7, 11) is 0. The van der Waals surface area contributed by atoms with E-state index in [2.05, 4.69) is 45.5 Å². The van der Waals surface area contributed by atoms with Gasteiger partial charge in [-0.15, -0.1) is 12.3 Å². The molecule has 1 saturated carbocycles. The van der Waals surface area contributed by atoms with E-state index in [0.29, 0.717) is 31.8 Å². The molecule has 0 bridgehead atoms. The Bertz CT molecular complexity index is 1320. The monoisotopic (exact) mass is 543 g/mol. The highest BCUT2D eigenvalue weighted by Gasteiger charge is 2.39. The quantitative estimate of drug-likeness (QED) is 0.142. The lowest BCUT2D eigenvalue weighted by Crippen LogP contribution is -2.51. The Morgan fingerprint density at radius 1 is 1.23 bits per heavy atom. The van der Waals surface area contributed by atoms with Crippen molar-refractivity contribution < 1.29 is 9.53 Å². The zero-order valence-corrected chi connectivity index (χ0v) is 23.4. The largest absolute Gasteiger partial charge is 0.493 e. The number of terminal acetylenes is 1. The number of H-pyrrole nitrogens is 1. The maximum atomic E-state index is 13.5. The highest BCUT2D eigenvalue weighted by Crippen LogP contribution is 2.37. The fourth-order valence-electron chi connectivity index (χ4n) is 5.53. The van der Waals surface area contributed by atoms with Crippen molar-refractivity contribution in [3.8, 4) is 18.1 Å². The Morgan fingerprint density at radius 3 is 2.74 bits per heavy atom. The van der Waals surface area contributed by atoms with Crippen molar-refractivity contribution in [2.45, 2.75) is 75.0 Å². The van der Waals surface area contributed by atoms with Gasteiger partial charge < -0.3 is 14.6 Å². The van der Waals surface area contributed by atoms with Crippen molar-refractivity contribution >= 4 is 29.4 Å². The van der Waals surface area contributed by atoms with Gasteiger partial charge in [-0.25, -0.2) is 0 Å². The number of aromatic amines is 1. The second kappa shape index (κ2) is 11.8. The van der Waals surface area contributed by atoms with Crippen molar-refractivity contribution in [3.05, 3.63) is 65.9 Å². The second-order valence-electron chi connectivity index (χ2n) is 10.6. The van der Waals surface area contributed by atoms with Crippen LogP contribution in [-0.4, -0.2) is 45.5 Å². The summed E-state index contributed by atoms with van der Waals surface area (Å²) in [5.74, 6) is 3.54. The lowest BCUT2D eigenvalue weighted by molar-refractivity contribution is 0.0612. The standard InChI is InChI=1S/C31H37N5O2S/c1-3-5-16-30(34-35-30)18-19-38-26-14-12-23(13-15-26)22-32-31(39)17-8-10-25(21-31)36(4-2)29(37)28-20-24-9-6-7-11-27(24)33-28/h1,6-7,9,11-15,20,25,32-33,39H,4-5,8,10,16-19,21-22H2,2H3/t25-,31?/m0/s1. The Hall–Kier alpha value is -3.28. The highest BCUT2D eigenvalue weighted by atomic mass is 32.1. The number of carbonyl (C=O) groups is 1. The summed E-state index contributed by atoms with van der Waals surface area (Å²) in [6.45, 7) is 3.97. The first-order valence-corrected chi connectivity index (χ1v) is 14.3. The van der Waals surface area contributed by atoms with Crippen molar-refractivity contribution in [3.63, 3.8) is 0 Å². The van der Waals surface area contributed by atoms with Crippen LogP contribution in [-0.2, 0) is 6.54 Å². The molecule has 204 valence electrons. The van der Waals surface area contributed by atoms with Gasteiger partial charge in [0.1, 0.15) is 11.4 Å². The van der Waals surface area contributed by atoms with Gasteiger partial charge in [-0.1, -0.05) is 30.3 Å². The van der Waals surface area contributed by atoms with Crippen LogP contribution in [0.2, 0.25) is 0 Å². The van der Waals surface area contributed by atoms with Crippen LogP contribution in [0.1, 0.15) is 67.9 Å². The maximum Gasteiger partial charge on any atom is 0.270 e. The molecule has 2 atom stereocenters. The Balaban J connectivity index is 1.13. The lowest BCUT2D eigenvalue weighted by atomic mass is 9.88. The second-order valence-corrected chi connectivity index (χ2v) is 11.5. The first-order chi connectivity index (χ1) is 18.9. The topological polar surface area (TPSA) is 82.1 Å². The Kier molecular flexibility index (Phi) is 8.29. The number of nitrogens with one attached hydrogen (secondary N) is 2. The third kappa shape index (κ3) is 6.66. The van der Waals surface area contributed by atoms with Gasteiger partial charge >= 0.3 is 0 Å². The molecule has 2 heterocycles. The normalized spacial score (nSPS) is 21.4. The summed E-state index contributed by atoms with van der Waals surface area (Å²) >= 11 is 5.08. The van der Waals surface area contributed by atoms with E-state index in [1.165, 1.54) is 0 Å². The fraction of sp³-hybridized carbons (Fsp3) is 0.452. The average molecular weight is 544 g/mol. The summed E-state index contributed by atoms with van der Waals surface area (Å²) in [5.41, 5.74) is 2.48. The van der Waals surface area contributed by atoms with Crippen molar-refractivity contribution in [2.75, 3.05) is 13.2 Å². The number of carbonyl (C=O) groups excluding carboxylic acids is 1. The molecular weight excluding hydrogens is 506 g/mol. The predicted octanol–water partition coefficient (Wildman–Crippen LogP) is 6.33. The van der Waals surface area contributed by atoms with Crippen LogP contribution >= 0.6 is 12.6 Å². The number of amides is 1. The molecule has 1 aliphatic heterocycles. The van der Waals surface area contributed by atoms with Gasteiger partial charge in [0.05, 0.1) is 11.5 Å². The highest BCUT2D eigenvalue weighted by molar-refractivity contribution is 7.81. The molecule has 2 N–H and O–H groups in total. The predicted molar refractivity (Wildman–Crippen MR) is 158 cm³/mol. The molecule has 3 aromatic rings. The Morgan fingerprint density at radius 2 is 2.03 bits per heavy atom. The molecule has 0 radical (unpaired) electrons. The van der Waals surface area contributed by atoms with E-state index in [9.17, 15) is 4.79 Å². The van der Waals surface area contributed by atoms with Crippen molar-refractivity contribution in [1.29, 1.82) is 0 Å². The molecule has 1 unspecified atom stereocenters. The molecule has 7 nitrogen and oxygen atoms in total. The number of ether oxygens (including phenoxy) is 1. The van der Waals surface area contributed by atoms with Gasteiger partial charge in [0, 0.05) is 49.3 Å². The number of thiol groups is 1. The smallest absolute Gasteiger partial charge is 0.270 e. The first-order valence-electron chi connectivity index (χ1n) is 13.9. The van der Waals surface area contributed by atoms with Gasteiger partial charge in [0.15, 0.2) is 5.66 Å². The van der Waals surface area contributed by atoms with Crippen LogP contribution in [0.4, 0.5) is 0 Å². The molecule has 2 aliphatic rings. The van der Waals surface area contributed by atoms with Gasteiger partial charge in [-0.3, -0.25) is 10.1 Å². The van der Waals surface area contributed by atoms with Gasteiger partial charge in [0.25, 0.3) is 5.91 Å². The number of para-hydroxylation sites is 1. The minimum absolute atomic E-state index is 0.0536. The third-order valence-electron chi connectivity index (χ3n) is 7.87. The van der Waals surface area contributed by atoms with E-state index in [4.69, 9.17) is 23.8 Å². The molecule has 5 rings (SSSR count). The molecule has 0 spiro atoms. The number of aromatic nitrogens is 1. The summed E-state index contributed by atoms with van der Waals surface area (Å²) in [4.78, 5) is 18.4. The number of rotatable bonds is 12. The van der Waals surface area contributed by atoms with Crippen LogP contribution in [0.3, 0.4) is 0 Å². The van der Waals surface area contributed by atoms with E-state index >= 15 is 0 Å². The summed E-state index contributed by atoms with van der Waals surface area (Å²) in [6.07, 6.45) is 11.3. The molecule has 39 heavy (non-hydrogen) atoms. The van der Waals surface area contributed by atoms with Gasteiger partial charge in [0.2, 0.25) is 0 Å². The summed E-state index contributed by atoms with van der Waals surface area (Å²) in [6, 6.07) is 18.3. The molecule has 1 aliphatic carbocycles. The van der Waals surface area contributed by atoms with Crippen molar-refractivity contribution in [2.24, 2.45) is 10.2 Å². The first kappa shape index (κ1) is 27.3.